The van der Waals surface area contributed by atoms with E-state index in [-0.39, 0.29) is 5.91 Å². The molecule has 0 radical (unpaired) electrons. The molecule has 1 aromatic rings. The molecule has 0 aromatic carbocycles. The third kappa shape index (κ3) is 3.94. The lowest BCUT2D eigenvalue weighted by Gasteiger charge is -2.14. The number of nitrogens with zero attached hydrogens (tertiary/aromatic N) is 2. The molecule has 5 heteroatoms. The Hall–Kier alpha value is -1.62. The van der Waals surface area contributed by atoms with Gasteiger partial charge in [0, 0.05) is 31.6 Å². The molecule has 1 aliphatic carbocycles. The molecule has 0 bridgehead atoms. The van der Waals surface area contributed by atoms with Crippen molar-refractivity contribution in [3.05, 3.63) is 23.9 Å². The highest BCUT2D eigenvalue weighted by Gasteiger charge is 2.18. The van der Waals surface area contributed by atoms with Crippen LogP contribution in [0.2, 0.25) is 0 Å². The first-order valence-electron chi connectivity index (χ1n) is 7.88. The van der Waals surface area contributed by atoms with Crippen LogP contribution in [-0.2, 0) is 16.1 Å². The third-order valence-corrected chi connectivity index (χ3v) is 4.21. The molecule has 1 unspecified atom stereocenters. The van der Waals surface area contributed by atoms with E-state index >= 15 is 0 Å². The van der Waals surface area contributed by atoms with Gasteiger partial charge in [-0.2, -0.15) is 5.10 Å². The minimum atomic E-state index is 0.0626. The Morgan fingerprint density at radius 1 is 1.48 bits per heavy atom. The van der Waals surface area contributed by atoms with E-state index in [0.717, 1.165) is 44.8 Å². The quantitative estimate of drug-likeness (QED) is 0.848. The topological polar surface area (TPSA) is 56.2 Å². The van der Waals surface area contributed by atoms with Gasteiger partial charge in [-0.1, -0.05) is 11.6 Å². The minimum Gasteiger partial charge on any atom is -0.381 e. The smallest absolute Gasteiger partial charge is 0.229 e. The Bertz CT molecular complexity index is 515. The standard InChI is InChI=1S/C16H23N3O2/c20-16(10-13-4-2-1-3-5-13)18-15-6-8-17-19(15)11-14-7-9-21-12-14/h4,6,8,14H,1-3,5,7,9-12H2,(H,18,20). The van der Waals surface area contributed by atoms with Gasteiger partial charge >= 0.3 is 0 Å². The summed E-state index contributed by atoms with van der Waals surface area (Å²) in [6.07, 6.45) is 10.2. The number of hydrogen-bond acceptors (Lipinski definition) is 3. The van der Waals surface area contributed by atoms with Crippen LogP contribution in [0, 0.1) is 5.92 Å². The SMILES string of the molecule is O=C(CC1=CCCCC1)Nc1ccnn1CC1CCOC1. The number of aromatic nitrogens is 2. The maximum absolute atomic E-state index is 12.2. The lowest BCUT2D eigenvalue weighted by Crippen LogP contribution is -2.19. The van der Waals surface area contributed by atoms with Gasteiger partial charge in [-0.15, -0.1) is 0 Å². The molecule has 0 spiro atoms. The molecule has 5 nitrogen and oxygen atoms in total. The van der Waals surface area contributed by atoms with Crippen molar-refractivity contribution in [2.24, 2.45) is 5.92 Å². The second-order valence-corrected chi connectivity index (χ2v) is 5.96. The van der Waals surface area contributed by atoms with Gasteiger partial charge in [0.05, 0.1) is 12.8 Å². The number of anilines is 1. The van der Waals surface area contributed by atoms with E-state index in [2.05, 4.69) is 16.5 Å². The summed E-state index contributed by atoms with van der Waals surface area (Å²) in [5, 5.41) is 7.30. The van der Waals surface area contributed by atoms with Gasteiger partial charge in [-0.05, 0) is 32.1 Å². The number of allylic oxidation sites excluding steroid dienone is 1. The predicted octanol–water partition coefficient (Wildman–Crippen LogP) is 2.75. The van der Waals surface area contributed by atoms with Gasteiger partial charge in [0.1, 0.15) is 5.82 Å². The zero-order valence-electron chi connectivity index (χ0n) is 12.4. The number of amides is 1. The molecule has 1 fully saturated rings. The summed E-state index contributed by atoms with van der Waals surface area (Å²) >= 11 is 0. The predicted molar refractivity (Wildman–Crippen MR) is 81.0 cm³/mol. The molecule has 1 aliphatic heterocycles. The van der Waals surface area contributed by atoms with Crippen LogP contribution in [0.3, 0.4) is 0 Å². The summed E-state index contributed by atoms with van der Waals surface area (Å²) < 4.78 is 7.27. The molecule has 2 aliphatic rings. The van der Waals surface area contributed by atoms with Gasteiger partial charge < -0.3 is 10.1 Å². The van der Waals surface area contributed by atoms with Crippen molar-refractivity contribution in [2.75, 3.05) is 18.5 Å². The zero-order chi connectivity index (χ0) is 14.5. The normalized spacial score (nSPS) is 22.1. The molecule has 114 valence electrons. The van der Waals surface area contributed by atoms with Crippen molar-refractivity contribution in [2.45, 2.75) is 45.1 Å². The number of carbonyl (C=O) groups excluding carboxylic acids is 1. The largest absolute Gasteiger partial charge is 0.381 e. The highest BCUT2D eigenvalue weighted by molar-refractivity contribution is 5.91. The van der Waals surface area contributed by atoms with E-state index in [1.165, 1.54) is 18.4 Å². The third-order valence-electron chi connectivity index (χ3n) is 4.21. The summed E-state index contributed by atoms with van der Waals surface area (Å²) in [7, 11) is 0. The molecular weight excluding hydrogens is 266 g/mol. The number of carbonyl (C=O) groups is 1. The number of rotatable bonds is 5. The molecule has 0 saturated carbocycles. The maximum Gasteiger partial charge on any atom is 0.229 e. The van der Waals surface area contributed by atoms with E-state index in [1.54, 1.807) is 6.20 Å². The fraction of sp³-hybridized carbons (Fsp3) is 0.625. The van der Waals surface area contributed by atoms with Gasteiger partial charge in [-0.25, -0.2) is 4.68 Å². The Labute approximate surface area is 125 Å². The van der Waals surface area contributed by atoms with Gasteiger partial charge in [0.25, 0.3) is 0 Å². The molecule has 1 saturated heterocycles. The Kier molecular flexibility index (Phi) is 4.70. The molecule has 3 rings (SSSR count). The van der Waals surface area contributed by atoms with Crippen LogP contribution in [0.15, 0.2) is 23.9 Å². The molecule has 21 heavy (non-hydrogen) atoms. The summed E-state index contributed by atoms with van der Waals surface area (Å²) in [5.74, 6) is 1.36. The van der Waals surface area contributed by atoms with E-state index in [9.17, 15) is 4.79 Å². The van der Waals surface area contributed by atoms with E-state index < -0.39 is 0 Å². The number of hydrogen-bond donors (Lipinski definition) is 1. The summed E-state index contributed by atoms with van der Waals surface area (Å²) in [6.45, 7) is 2.44. The van der Waals surface area contributed by atoms with Gasteiger partial charge in [0.2, 0.25) is 5.91 Å². The first-order chi connectivity index (χ1) is 10.3. The number of nitrogens with one attached hydrogen (secondary N) is 1. The van der Waals surface area contributed by atoms with Crippen LogP contribution < -0.4 is 5.32 Å². The lowest BCUT2D eigenvalue weighted by molar-refractivity contribution is -0.115. The molecule has 1 amide bonds. The molecule has 2 heterocycles. The Balaban J connectivity index is 1.55. The Morgan fingerprint density at radius 2 is 2.43 bits per heavy atom. The fourth-order valence-electron chi connectivity index (χ4n) is 3.01. The molecular formula is C16H23N3O2. The van der Waals surface area contributed by atoms with Crippen LogP contribution in [0.1, 0.15) is 38.5 Å². The summed E-state index contributed by atoms with van der Waals surface area (Å²) in [5.41, 5.74) is 1.27. The molecule has 1 N–H and O–H groups in total. The van der Waals surface area contributed by atoms with Gasteiger partial charge in [0.15, 0.2) is 0 Å². The monoisotopic (exact) mass is 289 g/mol. The Morgan fingerprint density at radius 3 is 3.19 bits per heavy atom. The van der Waals surface area contributed by atoms with Crippen molar-refractivity contribution in [3.63, 3.8) is 0 Å². The zero-order valence-corrected chi connectivity index (χ0v) is 12.4. The average molecular weight is 289 g/mol. The summed E-state index contributed by atoms with van der Waals surface area (Å²) in [6, 6.07) is 1.86. The number of ether oxygens (including phenoxy) is 1. The van der Waals surface area contributed by atoms with Crippen molar-refractivity contribution < 1.29 is 9.53 Å². The highest BCUT2D eigenvalue weighted by Crippen LogP contribution is 2.21. The molecule has 1 aromatic heterocycles. The van der Waals surface area contributed by atoms with Crippen LogP contribution in [0.4, 0.5) is 5.82 Å². The van der Waals surface area contributed by atoms with Crippen LogP contribution >= 0.6 is 0 Å². The van der Waals surface area contributed by atoms with E-state index in [0.29, 0.717) is 12.3 Å². The lowest BCUT2D eigenvalue weighted by atomic mass is 9.97. The van der Waals surface area contributed by atoms with Crippen molar-refractivity contribution in [3.8, 4) is 0 Å². The van der Waals surface area contributed by atoms with Crippen molar-refractivity contribution in [1.29, 1.82) is 0 Å². The fourth-order valence-corrected chi connectivity index (χ4v) is 3.01. The minimum absolute atomic E-state index is 0.0626. The maximum atomic E-state index is 12.2. The van der Waals surface area contributed by atoms with Crippen LogP contribution in [0.25, 0.3) is 0 Å². The summed E-state index contributed by atoms with van der Waals surface area (Å²) in [4.78, 5) is 12.2. The first-order valence-corrected chi connectivity index (χ1v) is 7.88. The highest BCUT2D eigenvalue weighted by atomic mass is 16.5. The van der Waals surface area contributed by atoms with E-state index in [4.69, 9.17) is 4.74 Å². The second-order valence-electron chi connectivity index (χ2n) is 5.96. The van der Waals surface area contributed by atoms with Gasteiger partial charge in [-0.3, -0.25) is 4.79 Å². The first kappa shape index (κ1) is 14.3. The second kappa shape index (κ2) is 6.89. The van der Waals surface area contributed by atoms with Crippen molar-refractivity contribution in [1.82, 2.24) is 9.78 Å². The van der Waals surface area contributed by atoms with Crippen LogP contribution in [-0.4, -0.2) is 28.9 Å². The van der Waals surface area contributed by atoms with Crippen molar-refractivity contribution >= 4 is 11.7 Å². The average Bonchev–Trinajstić information content (AvgIpc) is 3.13. The van der Waals surface area contributed by atoms with E-state index in [1.807, 2.05) is 10.7 Å². The molecule has 1 atom stereocenters. The van der Waals surface area contributed by atoms with Crippen LogP contribution in [0.5, 0.6) is 0 Å².